The Balaban J connectivity index is 2.91. The molecule has 1 rings (SSSR count). The van der Waals surface area contributed by atoms with Crippen molar-refractivity contribution >= 4 is 11.9 Å². The third kappa shape index (κ3) is 3.47. The van der Waals surface area contributed by atoms with E-state index in [1.54, 1.807) is 13.8 Å². The Kier molecular flexibility index (Phi) is 4.53. The maximum Gasteiger partial charge on any atom is 0.341 e. The van der Waals surface area contributed by atoms with Crippen molar-refractivity contribution in [2.45, 2.75) is 27.2 Å². The van der Waals surface area contributed by atoms with Crippen molar-refractivity contribution in [2.24, 2.45) is 5.41 Å². The van der Waals surface area contributed by atoms with Gasteiger partial charge in [0.1, 0.15) is 17.1 Å². The molecule has 0 atom stereocenters. The van der Waals surface area contributed by atoms with E-state index in [0.29, 0.717) is 6.42 Å². The number of carbonyl (C=O) groups excluding carboxylic acids is 2. The SMILES string of the molecule is CCC(C)(C)C(=O)Oc1ccc(C(=O)OC)c(O)c1. The molecule has 0 aliphatic heterocycles. The van der Waals surface area contributed by atoms with Gasteiger partial charge in [0.25, 0.3) is 0 Å². The van der Waals surface area contributed by atoms with Gasteiger partial charge >= 0.3 is 11.9 Å². The van der Waals surface area contributed by atoms with Crippen LogP contribution < -0.4 is 4.74 Å². The molecule has 0 radical (unpaired) electrons. The number of phenolic OH excluding ortho intramolecular Hbond substituents is 1. The van der Waals surface area contributed by atoms with Crippen molar-refractivity contribution in [1.82, 2.24) is 0 Å². The molecule has 0 aliphatic rings. The summed E-state index contributed by atoms with van der Waals surface area (Å²) in [4.78, 5) is 23.1. The van der Waals surface area contributed by atoms with Crippen LogP contribution >= 0.6 is 0 Å². The molecule has 5 heteroatoms. The molecule has 1 aromatic rings. The van der Waals surface area contributed by atoms with Gasteiger partial charge in [-0.25, -0.2) is 4.79 Å². The predicted molar refractivity (Wildman–Crippen MR) is 69.2 cm³/mol. The monoisotopic (exact) mass is 266 g/mol. The molecule has 1 N–H and O–H groups in total. The van der Waals surface area contributed by atoms with E-state index in [2.05, 4.69) is 4.74 Å². The number of esters is 2. The Morgan fingerprint density at radius 1 is 1.32 bits per heavy atom. The Morgan fingerprint density at radius 2 is 1.95 bits per heavy atom. The zero-order valence-corrected chi connectivity index (χ0v) is 11.5. The minimum absolute atomic E-state index is 0.0250. The van der Waals surface area contributed by atoms with E-state index in [1.807, 2.05) is 6.92 Å². The zero-order valence-electron chi connectivity index (χ0n) is 11.5. The maximum absolute atomic E-state index is 11.9. The molecule has 0 saturated heterocycles. The van der Waals surface area contributed by atoms with E-state index in [-0.39, 0.29) is 23.0 Å². The summed E-state index contributed by atoms with van der Waals surface area (Å²) in [6.07, 6.45) is 0.637. The summed E-state index contributed by atoms with van der Waals surface area (Å²) >= 11 is 0. The van der Waals surface area contributed by atoms with Crippen LogP contribution in [0.3, 0.4) is 0 Å². The summed E-state index contributed by atoms with van der Waals surface area (Å²) in [5.41, 5.74) is -0.576. The first-order valence-electron chi connectivity index (χ1n) is 5.95. The van der Waals surface area contributed by atoms with E-state index in [1.165, 1.54) is 25.3 Å². The van der Waals surface area contributed by atoms with Gasteiger partial charge in [-0.2, -0.15) is 0 Å². The van der Waals surface area contributed by atoms with Gasteiger partial charge in [0, 0.05) is 6.07 Å². The molecule has 0 aliphatic carbocycles. The molecule has 19 heavy (non-hydrogen) atoms. The number of hydrogen-bond donors (Lipinski definition) is 1. The second-order valence-electron chi connectivity index (χ2n) is 4.80. The highest BCUT2D eigenvalue weighted by Gasteiger charge is 2.28. The summed E-state index contributed by atoms with van der Waals surface area (Å²) in [6.45, 7) is 5.44. The average molecular weight is 266 g/mol. The second kappa shape index (κ2) is 5.73. The molecule has 1 aromatic carbocycles. The van der Waals surface area contributed by atoms with Crippen LogP contribution in [0.4, 0.5) is 0 Å². The van der Waals surface area contributed by atoms with E-state index < -0.39 is 11.4 Å². The van der Waals surface area contributed by atoms with Crippen LogP contribution in [-0.2, 0) is 9.53 Å². The van der Waals surface area contributed by atoms with Crippen molar-refractivity contribution in [3.63, 3.8) is 0 Å². The lowest BCUT2D eigenvalue weighted by molar-refractivity contribution is -0.144. The van der Waals surface area contributed by atoms with Gasteiger partial charge in [-0.05, 0) is 32.4 Å². The lowest BCUT2D eigenvalue weighted by atomic mass is 9.91. The highest BCUT2D eigenvalue weighted by Crippen LogP contribution is 2.27. The Morgan fingerprint density at radius 3 is 2.42 bits per heavy atom. The minimum atomic E-state index is -0.649. The van der Waals surface area contributed by atoms with E-state index in [4.69, 9.17) is 4.74 Å². The van der Waals surface area contributed by atoms with Crippen molar-refractivity contribution < 1.29 is 24.2 Å². The van der Waals surface area contributed by atoms with Crippen LogP contribution in [-0.4, -0.2) is 24.2 Å². The standard InChI is InChI=1S/C14H18O5/c1-5-14(2,3)13(17)19-9-6-7-10(11(15)8-9)12(16)18-4/h6-8,15H,5H2,1-4H3. The molecule has 5 nitrogen and oxygen atoms in total. The van der Waals surface area contributed by atoms with Crippen LogP contribution in [0, 0.1) is 5.41 Å². The zero-order chi connectivity index (χ0) is 14.6. The smallest absolute Gasteiger partial charge is 0.341 e. The first kappa shape index (κ1) is 15.0. The van der Waals surface area contributed by atoms with Crippen LogP contribution in [0.1, 0.15) is 37.6 Å². The van der Waals surface area contributed by atoms with E-state index in [0.717, 1.165) is 0 Å². The first-order valence-corrected chi connectivity index (χ1v) is 5.95. The number of hydrogen-bond acceptors (Lipinski definition) is 5. The fourth-order valence-corrected chi connectivity index (χ4v) is 1.25. The lowest BCUT2D eigenvalue weighted by Gasteiger charge is -2.20. The van der Waals surface area contributed by atoms with Crippen molar-refractivity contribution in [1.29, 1.82) is 0 Å². The molecule has 0 fully saturated rings. The molecule has 0 unspecified atom stereocenters. The van der Waals surface area contributed by atoms with Gasteiger partial charge in [0.15, 0.2) is 0 Å². The summed E-state index contributed by atoms with van der Waals surface area (Å²) in [7, 11) is 1.22. The third-order valence-corrected chi connectivity index (χ3v) is 3.02. The van der Waals surface area contributed by atoms with Crippen LogP contribution in [0.15, 0.2) is 18.2 Å². The van der Waals surface area contributed by atoms with Crippen LogP contribution in [0.2, 0.25) is 0 Å². The Labute approximate surface area is 112 Å². The quantitative estimate of drug-likeness (QED) is 0.669. The second-order valence-corrected chi connectivity index (χ2v) is 4.80. The Hall–Kier alpha value is -2.04. The van der Waals surface area contributed by atoms with Gasteiger partial charge in [0.2, 0.25) is 0 Å². The van der Waals surface area contributed by atoms with Gasteiger partial charge in [0.05, 0.1) is 12.5 Å². The number of rotatable bonds is 4. The van der Waals surface area contributed by atoms with Crippen molar-refractivity contribution in [3.05, 3.63) is 23.8 Å². The largest absolute Gasteiger partial charge is 0.507 e. The molecular weight excluding hydrogens is 248 g/mol. The molecule has 0 amide bonds. The summed E-state index contributed by atoms with van der Waals surface area (Å²) < 4.78 is 9.67. The molecule has 0 spiro atoms. The third-order valence-electron chi connectivity index (χ3n) is 3.02. The average Bonchev–Trinajstić information content (AvgIpc) is 2.38. The highest BCUT2D eigenvalue weighted by molar-refractivity contribution is 5.92. The summed E-state index contributed by atoms with van der Waals surface area (Å²) in [5, 5.41) is 9.67. The number of ether oxygens (including phenoxy) is 2. The van der Waals surface area contributed by atoms with E-state index in [9.17, 15) is 14.7 Å². The summed E-state index contributed by atoms with van der Waals surface area (Å²) in [5.74, 6) is -1.13. The number of phenols is 1. The maximum atomic E-state index is 11.9. The molecule has 0 bridgehead atoms. The number of aromatic hydroxyl groups is 1. The molecule has 0 aromatic heterocycles. The minimum Gasteiger partial charge on any atom is -0.507 e. The molecular formula is C14H18O5. The molecule has 0 heterocycles. The highest BCUT2D eigenvalue weighted by atomic mass is 16.5. The van der Waals surface area contributed by atoms with Crippen molar-refractivity contribution in [2.75, 3.05) is 7.11 Å². The Bertz CT molecular complexity index is 491. The lowest BCUT2D eigenvalue weighted by Crippen LogP contribution is -2.28. The van der Waals surface area contributed by atoms with Gasteiger partial charge in [-0.15, -0.1) is 0 Å². The van der Waals surface area contributed by atoms with Crippen LogP contribution in [0.5, 0.6) is 11.5 Å². The van der Waals surface area contributed by atoms with Crippen LogP contribution in [0.25, 0.3) is 0 Å². The predicted octanol–water partition coefficient (Wildman–Crippen LogP) is 2.52. The fraction of sp³-hybridized carbons (Fsp3) is 0.429. The topological polar surface area (TPSA) is 72.8 Å². The number of carbonyl (C=O) groups is 2. The normalized spacial score (nSPS) is 10.9. The van der Waals surface area contributed by atoms with Gasteiger partial charge < -0.3 is 14.6 Å². The van der Waals surface area contributed by atoms with E-state index >= 15 is 0 Å². The molecule has 0 saturated carbocycles. The van der Waals surface area contributed by atoms with Gasteiger partial charge in [-0.3, -0.25) is 4.79 Å². The number of benzene rings is 1. The van der Waals surface area contributed by atoms with Crippen molar-refractivity contribution in [3.8, 4) is 11.5 Å². The number of methoxy groups -OCH3 is 1. The summed E-state index contributed by atoms with van der Waals surface area (Å²) in [6, 6.07) is 4.01. The molecule has 104 valence electrons. The van der Waals surface area contributed by atoms with Gasteiger partial charge in [-0.1, -0.05) is 6.92 Å². The first-order chi connectivity index (χ1) is 8.81. The fourth-order valence-electron chi connectivity index (χ4n) is 1.25.